The van der Waals surface area contributed by atoms with Gasteiger partial charge in [-0.05, 0) is 73.4 Å². The number of aryl methyl sites for hydroxylation is 1. The van der Waals surface area contributed by atoms with Gasteiger partial charge < -0.3 is 24.3 Å². The molecule has 216 valence electrons. The van der Waals surface area contributed by atoms with Gasteiger partial charge in [0.05, 0.1) is 24.4 Å². The summed E-state index contributed by atoms with van der Waals surface area (Å²) >= 11 is 0. The lowest BCUT2D eigenvalue weighted by Crippen LogP contribution is -2.18. The summed E-state index contributed by atoms with van der Waals surface area (Å²) < 4.78 is 25.5. The molecular weight excluding hydrogens is 530 g/mol. The summed E-state index contributed by atoms with van der Waals surface area (Å²) in [6.07, 6.45) is 3.41. The van der Waals surface area contributed by atoms with Gasteiger partial charge in [0.2, 0.25) is 5.88 Å². The summed E-state index contributed by atoms with van der Waals surface area (Å²) in [5, 5.41) is 7.63. The monoisotopic (exact) mass is 565 g/mol. The van der Waals surface area contributed by atoms with Crippen LogP contribution in [0.3, 0.4) is 0 Å². The smallest absolute Gasteiger partial charge is 0.263 e. The van der Waals surface area contributed by atoms with E-state index >= 15 is 0 Å². The van der Waals surface area contributed by atoms with Crippen molar-refractivity contribution in [2.75, 3.05) is 12.4 Å². The van der Waals surface area contributed by atoms with E-state index in [9.17, 15) is 4.79 Å². The first kappa shape index (κ1) is 28.5. The maximum Gasteiger partial charge on any atom is 0.263 e. The maximum atomic E-state index is 13.9. The molecular formula is C34H35N3O5. The van der Waals surface area contributed by atoms with Crippen LogP contribution in [0.4, 0.5) is 5.69 Å². The number of methoxy groups -OCH3 is 1. The number of ether oxygens (including phenoxy) is 4. The zero-order valence-corrected chi connectivity index (χ0v) is 24.3. The Morgan fingerprint density at radius 1 is 0.905 bits per heavy atom. The third-order valence-electron chi connectivity index (χ3n) is 6.97. The Balaban J connectivity index is 1.46. The Labute approximate surface area is 245 Å². The van der Waals surface area contributed by atoms with Crippen LogP contribution in [0.15, 0.2) is 91.1 Å². The largest absolute Gasteiger partial charge is 0.497 e. The minimum absolute atomic E-state index is 0.0201. The molecule has 0 saturated carbocycles. The van der Waals surface area contributed by atoms with E-state index in [0.717, 1.165) is 35.5 Å². The van der Waals surface area contributed by atoms with Crippen molar-refractivity contribution in [3.05, 3.63) is 108 Å². The van der Waals surface area contributed by atoms with Gasteiger partial charge in [-0.25, -0.2) is 4.52 Å². The van der Waals surface area contributed by atoms with Gasteiger partial charge in [0, 0.05) is 12.3 Å². The Morgan fingerprint density at radius 3 is 2.36 bits per heavy atom. The van der Waals surface area contributed by atoms with Gasteiger partial charge in [-0.3, -0.25) is 4.79 Å². The molecule has 0 atom stereocenters. The maximum absolute atomic E-state index is 13.9. The van der Waals surface area contributed by atoms with E-state index in [1.165, 1.54) is 0 Å². The third-order valence-corrected chi connectivity index (χ3v) is 6.97. The van der Waals surface area contributed by atoms with E-state index in [1.54, 1.807) is 17.8 Å². The number of benzene rings is 3. The number of pyridine rings is 1. The summed E-state index contributed by atoms with van der Waals surface area (Å²) in [5.41, 5.74) is 3.27. The van der Waals surface area contributed by atoms with E-state index in [0.29, 0.717) is 28.3 Å². The molecule has 8 heteroatoms. The molecule has 1 amide bonds. The van der Waals surface area contributed by atoms with Crippen LogP contribution in [0.25, 0.3) is 5.52 Å². The van der Waals surface area contributed by atoms with Gasteiger partial charge in [0.15, 0.2) is 0 Å². The number of hydrogen-bond acceptors (Lipinski definition) is 6. The first-order valence-electron chi connectivity index (χ1n) is 14.1. The fraction of sp³-hybridized carbons (Fsp3) is 0.235. The van der Waals surface area contributed by atoms with E-state index in [1.807, 2.05) is 91.9 Å². The van der Waals surface area contributed by atoms with E-state index in [2.05, 4.69) is 24.3 Å². The number of anilines is 1. The van der Waals surface area contributed by atoms with Gasteiger partial charge in [-0.1, -0.05) is 50.2 Å². The van der Waals surface area contributed by atoms with Gasteiger partial charge >= 0.3 is 0 Å². The SMILES string of the molecule is CCC(CC)Oc1cc(Oc2ccccc2)c(C)cc1NC(=O)c1c(OCc2ccc(OC)cc2)nn2ccccc12. The zero-order chi connectivity index (χ0) is 29.5. The molecule has 8 nitrogen and oxygen atoms in total. The number of nitrogens with zero attached hydrogens (tertiary/aromatic N) is 2. The minimum atomic E-state index is -0.355. The van der Waals surface area contributed by atoms with Crippen molar-refractivity contribution in [2.24, 2.45) is 0 Å². The summed E-state index contributed by atoms with van der Waals surface area (Å²) in [6, 6.07) is 26.4. The fourth-order valence-corrected chi connectivity index (χ4v) is 4.57. The second-order valence-electron chi connectivity index (χ2n) is 9.89. The molecule has 2 heterocycles. The van der Waals surface area contributed by atoms with Crippen molar-refractivity contribution in [3.63, 3.8) is 0 Å². The minimum Gasteiger partial charge on any atom is -0.497 e. The number of carbonyl (C=O) groups is 1. The van der Waals surface area contributed by atoms with Crippen molar-refractivity contribution in [1.29, 1.82) is 0 Å². The van der Waals surface area contributed by atoms with Crippen molar-refractivity contribution < 1.29 is 23.7 Å². The molecule has 0 radical (unpaired) electrons. The molecule has 0 aliphatic heterocycles. The quantitative estimate of drug-likeness (QED) is 0.166. The molecule has 0 aliphatic rings. The highest BCUT2D eigenvalue weighted by molar-refractivity contribution is 6.11. The van der Waals surface area contributed by atoms with Gasteiger partial charge in [-0.2, -0.15) is 0 Å². The molecule has 42 heavy (non-hydrogen) atoms. The van der Waals surface area contributed by atoms with Crippen molar-refractivity contribution in [3.8, 4) is 28.9 Å². The predicted molar refractivity (Wildman–Crippen MR) is 163 cm³/mol. The molecule has 0 saturated heterocycles. The molecule has 0 spiro atoms. The summed E-state index contributed by atoms with van der Waals surface area (Å²) in [5.74, 6) is 2.54. The third kappa shape index (κ3) is 6.49. The lowest BCUT2D eigenvalue weighted by molar-refractivity contribution is 0.102. The second-order valence-corrected chi connectivity index (χ2v) is 9.89. The fourth-order valence-electron chi connectivity index (χ4n) is 4.57. The molecule has 1 N–H and O–H groups in total. The Hall–Kier alpha value is -4.98. The van der Waals surface area contributed by atoms with Crippen molar-refractivity contribution in [1.82, 2.24) is 9.61 Å². The van der Waals surface area contributed by atoms with Gasteiger partial charge in [0.1, 0.15) is 35.2 Å². The first-order valence-corrected chi connectivity index (χ1v) is 14.1. The second kappa shape index (κ2) is 13.1. The zero-order valence-electron chi connectivity index (χ0n) is 24.3. The number of para-hydroxylation sites is 1. The molecule has 2 aromatic heterocycles. The number of fused-ring (bicyclic) bond motifs is 1. The predicted octanol–water partition coefficient (Wildman–Crippen LogP) is 7.84. The van der Waals surface area contributed by atoms with E-state index < -0.39 is 0 Å². The normalized spacial score (nSPS) is 11.0. The number of carbonyl (C=O) groups excluding carboxylic acids is 1. The average molecular weight is 566 g/mol. The van der Waals surface area contributed by atoms with E-state index in [-0.39, 0.29) is 24.5 Å². The summed E-state index contributed by atoms with van der Waals surface area (Å²) in [6.45, 7) is 6.33. The molecule has 0 aliphatic carbocycles. The highest BCUT2D eigenvalue weighted by Crippen LogP contribution is 2.37. The summed E-state index contributed by atoms with van der Waals surface area (Å²) in [7, 11) is 1.62. The molecule has 0 bridgehead atoms. The molecule has 5 rings (SSSR count). The van der Waals surface area contributed by atoms with Crippen LogP contribution in [-0.2, 0) is 6.61 Å². The highest BCUT2D eigenvalue weighted by Gasteiger charge is 2.24. The topological polar surface area (TPSA) is 83.3 Å². The standard InChI is InChI=1S/C34H35N3O5/c1-5-25(6-2)41-31-21-30(42-27-12-8-7-9-13-27)23(3)20-28(31)35-33(38)32-29-14-10-11-19-37(29)36-34(32)40-22-24-15-17-26(39-4)18-16-24/h7-21,25H,5-6,22H2,1-4H3,(H,35,38). The molecule has 0 unspecified atom stereocenters. The Bertz CT molecular complexity index is 1640. The molecule has 0 fully saturated rings. The van der Waals surface area contributed by atoms with Crippen LogP contribution in [-0.4, -0.2) is 28.7 Å². The van der Waals surface area contributed by atoms with Crippen LogP contribution in [0.5, 0.6) is 28.9 Å². The molecule has 3 aromatic carbocycles. The number of hydrogen-bond donors (Lipinski definition) is 1. The Morgan fingerprint density at radius 2 is 1.64 bits per heavy atom. The van der Waals surface area contributed by atoms with Crippen LogP contribution < -0.4 is 24.3 Å². The average Bonchev–Trinajstić information content (AvgIpc) is 3.40. The first-order chi connectivity index (χ1) is 20.5. The number of nitrogens with one attached hydrogen (secondary N) is 1. The van der Waals surface area contributed by atoms with Gasteiger partial charge in [-0.15, -0.1) is 5.10 Å². The summed E-state index contributed by atoms with van der Waals surface area (Å²) in [4.78, 5) is 13.9. The van der Waals surface area contributed by atoms with Crippen molar-refractivity contribution in [2.45, 2.75) is 46.3 Å². The molecule has 5 aromatic rings. The van der Waals surface area contributed by atoms with Crippen LogP contribution in [0.2, 0.25) is 0 Å². The Kier molecular flexibility index (Phi) is 8.92. The van der Waals surface area contributed by atoms with Crippen molar-refractivity contribution >= 4 is 17.1 Å². The lowest BCUT2D eigenvalue weighted by Gasteiger charge is -2.21. The van der Waals surface area contributed by atoms with Crippen LogP contribution in [0, 0.1) is 6.92 Å². The van der Waals surface area contributed by atoms with Crippen LogP contribution in [0.1, 0.15) is 48.2 Å². The number of rotatable bonds is 12. The van der Waals surface area contributed by atoms with Gasteiger partial charge in [0.25, 0.3) is 5.91 Å². The number of amides is 1. The van der Waals surface area contributed by atoms with E-state index in [4.69, 9.17) is 18.9 Å². The lowest BCUT2D eigenvalue weighted by atomic mass is 10.1. The number of aromatic nitrogens is 2. The highest BCUT2D eigenvalue weighted by atomic mass is 16.5. The van der Waals surface area contributed by atoms with Crippen LogP contribution >= 0.6 is 0 Å².